The van der Waals surface area contributed by atoms with Crippen molar-refractivity contribution in [1.29, 1.82) is 0 Å². The highest BCUT2D eigenvalue weighted by atomic mass is 16.5. The van der Waals surface area contributed by atoms with Gasteiger partial charge in [0.1, 0.15) is 0 Å². The summed E-state index contributed by atoms with van der Waals surface area (Å²) in [4.78, 5) is 12.1. The van der Waals surface area contributed by atoms with Crippen molar-refractivity contribution in [2.75, 3.05) is 20.3 Å². The van der Waals surface area contributed by atoms with Gasteiger partial charge in [-0.1, -0.05) is 11.6 Å². The molecule has 1 aliphatic heterocycles. The zero-order valence-corrected chi connectivity index (χ0v) is 12.9. The average molecular weight is 286 g/mol. The number of hydrogen-bond donors (Lipinski definition) is 1. The molecule has 0 unspecified atom stereocenters. The summed E-state index contributed by atoms with van der Waals surface area (Å²) in [6, 6.07) is 4.38. The molecule has 1 aromatic carbocycles. The molecule has 1 fully saturated rings. The van der Waals surface area contributed by atoms with Crippen molar-refractivity contribution in [3.05, 3.63) is 35.0 Å². The van der Waals surface area contributed by atoms with Gasteiger partial charge in [0, 0.05) is 38.9 Å². The highest BCUT2D eigenvalue weighted by Gasteiger charge is 2.22. The Hall–Kier alpha value is -1.81. The average Bonchev–Trinajstić information content (AvgIpc) is 2.83. The summed E-state index contributed by atoms with van der Waals surface area (Å²) in [6.07, 6.45) is 4.05. The first-order valence-electron chi connectivity index (χ1n) is 7.51. The smallest absolute Gasteiger partial charge is 0.253 e. The van der Waals surface area contributed by atoms with Crippen LogP contribution < -0.4 is 5.32 Å². The van der Waals surface area contributed by atoms with Gasteiger partial charge in [0.15, 0.2) is 0 Å². The number of amides is 1. The summed E-state index contributed by atoms with van der Waals surface area (Å²) in [6.45, 7) is 3.75. The molecule has 1 aromatic heterocycles. The van der Waals surface area contributed by atoms with E-state index in [1.807, 2.05) is 13.2 Å². The van der Waals surface area contributed by atoms with Crippen LogP contribution in [-0.4, -0.2) is 30.7 Å². The Labute approximate surface area is 125 Å². The van der Waals surface area contributed by atoms with Crippen molar-refractivity contribution in [1.82, 2.24) is 9.88 Å². The summed E-state index contributed by atoms with van der Waals surface area (Å²) in [5, 5.41) is 3.79. The summed E-state index contributed by atoms with van der Waals surface area (Å²) in [5.41, 5.74) is 4.50. The third-order valence-electron chi connectivity index (χ3n) is 4.38. The molecule has 1 N–H and O–H groups in total. The van der Waals surface area contributed by atoms with Crippen molar-refractivity contribution in [3.63, 3.8) is 0 Å². The molecule has 0 saturated carbocycles. The Kier molecular flexibility index (Phi) is 3.72. The highest BCUT2D eigenvalue weighted by Crippen LogP contribution is 2.35. The monoisotopic (exact) mass is 286 g/mol. The summed E-state index contributed by atoms with van der Waals surface area (Å²) in [5.74, 6) is 0.497. The second-order valence-electron chi connectivity index (χ2n) is 5.87. The van der Waals surface area contributed by atoms with E-state index in [-0.39, 0.29) is 5.91 Å². The highest BCUT2D eigenvalue weighted by molar-refractivity contribution is 6.07. The number of nitrogens with one attached hydrogen (secondary N) is 1. The van der Waals surface area contributed by atoms with Gasteiger partial charge in [-0.25, -0.2) is 0 Å². The molecule has 0 radical (unpaired) electrons. The third-order valence-corrected chi connectivity index (χ3v) is 4.38. The second kappa shape index (κ2) is 5.53. The van der Waals surface area contributed by atoms with Crippen molar-refractivity contribution in [2.24, 2.45) is 7.05 Å². The number of ether oxygens (including phenoxy) is 1. The zero-order chi connectivity index (χ0) is 15.0. The summed E-state index contributed by atoms with van der Waals surface area (Å²) in [7, 11) is 3.70. The van der Waals surface area contributed by atoms with Gasteiger partial charge in [0.25, 0.3) is 5.91 Å². The third kappa shape index (κ3) is 2.44. The number of carbonyl (C=O) groups is 1. The molecule has 1 saturated heterocycles. The lowest BCUT2D eigenvalue weighted by molar-refractivity contribution is 0.0855. The maximum atomic E-state index is 12.1. The van der Waals surface area contributed by atoms with Crippen LogP contribution in [0.15, 0.2) is 18.3 Å². The van der Waals surface area contributed by atoms with Crippen LogP contribution in [0.4, 0.5) is 0 Å². The number of fused-ring (bicyclic) bond motifs is 1. The first-order valence-corrected chi connectivity index (χ1v) is 7.51. The van der Waals surface area contributed by atoms with Gasteiger partial charge in [-0.3, -0.25) is 4.79 Å². The van der Waals surface area contributed by atoms with E-state index in [1.165, 1.54) is 16.6 Å². The van der Waals surface area contributed by atoms with E-state index in [0.717, 1.165) is 37.0 Å². The molecule has 4 heteroatoms. The minimum atomic E-state index is -0.0240. The maximum absolute atomic E-state index is 12.1. The molecule has 2 aromatic rings. The molecule has 0 atom stereocenters. The van der Waals surface area contributed by atoms with Crippen LogP contribution in [0, 0.1) is 6.92 Å². The maximum Gasteiger partial charge on any atom is 0.253 e. The number of benzene rings is 1. The lowest BCUT2D eigenvalue weighted by atomic mass is 9.88. The summed E-state index contributed by atoms with van der Waals surface area (Å²) < 4.78 is 7.57. The van der Waals surface area contributed by atoms with E-state index < -0.39 is 0 Å². The number of carbonyl (C=O) groups excluding carboxylic acids is 1. The second-order valence-corrected chi connectivity index (χ2v) is 5.87. The Morgan fingerprint density at radius 2 is 2.05 bits per heavy atom. The predicted octanol–water partition coefficient (Wildman–Crippen LogP) is 2.74. The van der Waals surface area contributed by atoms with E-state index in [4.69, 9.17) is 4.74 Å². The van der Waals surface area contributed by atoms with Crippen LogP contribution in [0.25, 0.3) is 10.9 Å². The molecule has 1 aliphatic rings. The first-order chi connectivity index (χ1) is 10.1. The van der Waals surface area contributed by atoms with E-state index in [0.29, 0.717) is 5.92 Å². The summed E-state index contributed by atoms with van der Waals surface area (Å²) >= 11 is 0. The van der Waals surface area contributed by atoms with Crippen LogP contribution in [0.3, 0.4) is 0 Å². The SMILES string of the molecule is CNC(=O)c1cn(C)c2c(C3CCOCC3)cc(C)cc12. The van der Waals surface area contributed by atoms with Gasteiger partial charge >= 0.3 is 0 Å². The molecule has 0 bridgehead atoms. The fourth-order valence-corrected chi connectivity index (χ4v) is 3.37. The van der Waals surface area contributed by atoms with E-state index in [2.05, 4.69) is 28.9 Å². The van der Waals surface area contributed by atoms with Crippen LogP contribution >= 0.6 is 0 Å². The van der Waals surface area contributed by atoms with Gasteiger partial charge in [0.2, 0.25) is 0 Å². The number of aryl methyl sites for hydroxylation is 2. The molecule has 0 aliphatic carbocycles. The molecule has 21 heavy (non-hydrogen) atoms. The van der Waals surface area contributed by atoms with Crippen LogP contribution in [0.2, 0.25) is 0 Å². The molecule has 3 rings (SSSR count). The lowest BCUT2D eigenvalue weighted by Gasteiger charge is -2.24. The predicted molar refractivity (Wildman–Crippen MR) is 83.8 cm³/mol. The molecule has 1 amide bonds. The molecule has 0 spiro atoms. The van der Waals surface area contributed by atoms with Crippen molar-refractivity contribution >= 4 is 16.8 Å². The Morgan fingerprint density at radius 1 is 1.33 bits per heavy atom. The topological polar surface area (TPSA) is 43.3 Å². The number of nitrogens with zero attached hydrogens (tertiary/aromatic N) is 1. The fraction of sp³-hybridized carbons (Fsp3) is 0.471. The zero-order valence-electron chi connectivity index (χ0n) is 12.9. The quantitative estimate of drug-likeness (QED) is 0.922. The van der Waals surface area contributed by atoms with Crippen LogP contribution in [0.5, 0.6) is 0 Å². The largest absolute Gasteiger partial charge is 0.381 e. The first kappa shape index (κ1) is 14.1. The van der Waals surface area contributed by atoms with E-state index >= 15 is 0 Å². The Morgan fingerprint density at radius 3 is 2.71 bits per heavy atom. The Balaban J connectivity index is 2.20. The van der Waals surface area contributed by atoms with Crippen molar-refractivity contribution in [2.45, 2.75) is 25.7 Å². The standard InChI is InChI=1S/C17H22N2O2/c1-11-8-13(12-4-6-21-7-5-12)16-14(9-11)15(10-19(16)3)17(20)18-2/h8-10,12H,4-7H2,1-3H3,(H,18,20). The van der Waals surface area contributed by atoms with Crippen LogP contribution in [0.1, 0.15) is 40.2 Å². The lowest BCUT2D eigenvalue weighted by Crippen LogP contribution is -2.17. The number of hydrogen-bond acceptors (Lipinski definition) is 2. The van der Waals surface area contributed by atoms with Crippen LogP contribution in [-0.2, 0) is 11.8 Å². The number of rotatable bonds is 2. The van der Waals surface area contributed by atoms with E-state index in [1.54, 1.807) is 7.05 Å². The number of aromatic nitrogens is 1. The minimum absolute atomic E-state index is 0.0240. The minimum Gasteiger partial charge on any atom is -0.381 e. The molecular formula is C17H22N2O2. The molecular weight excluding hydrogens is 264 g/mol. The fourth-order valence-electron chi connectivity index (χ4n) is 3.37. The van der Waals surface area contributed by atoms with E-state index in [9.17, 15) is 4.79 Å². The van der Waals surface area contributed by atoms with Gasteiger partial charge in [-0.05, 0) is 37.3 Å². The normalized spacial score (nSPS) is 16.3. The van der Waals surface area contributed by atoms with Gasteiger partial charge in [-0.15, -0.1) is 0 Å². The Bertz CT molecular complexity index is 682. The molecule has 4 nitrogen and oxygen atoms in total. The van der Waals surface area contributed by atoms with Crippen molar-refractivity contribution in [3.8, 4) is 0 Å². The van der Waals surface area contributed by atoms with Gasteiger partial charge < -0.3 is 14.6 Å². The van der Waals surface area contributed by atoms with Gasteiger partial charge in [-0.2, -0.15) is 0 Å². The molecule has 112 valence electrons. The van der Waals surface area contributed by atoms with Crippen molar-refractivity contribution < 1.29 is 9.53 Å². The molecule has 2 heterocycles. The van der Waals surface area contributed by atoms with Gasteiger partial charge in [0.05, 0.1) is 11.1 Å².